The van der Waals surface area contributed by atoms with Gasteiger partial charge in [0.25, 0.3) is 0 Å². The van der Waals surface area contributed by atoms with Gasteiger partial charge in [0, 0.05) is 21.4 Å². The smallest absolute Gasteiger partial charge is 0.0487 e. The Kier molecular flexibility index (Phi) is 3.17. The summed E-state index contributed by atoms with van der Waals surface area (Å²) in [5, 5.41) is 3.58. The molecule has 0 N–H and O–H groups in total. The van der Waals surface area contributed by atoms with Crippen LogP contribution in [-0.4, -0.2) is 0 Å². The van der Waals surface area contributed by atoms with Crippen LogP contribution < -0.4 is 0 Å². The van der Waals surface area contributed by atoms with E-state index < -0.39 is 0 Å². The van der Waals surface area contributed by atoms with Gasteiger partial charge in [-0.3, -0.25) is 0 Å². The van der Waals surface area contributed by atoms with E-state index in [0.717, 1.165) is 5.02 Å². The van der Waals surface area contributed by atoms with Crippen LogP contribution >= 0.6 is 11.6 Å². The molecule has 4 aromatic rings. The van der Waals surface area contributed by atoms with Gasteiger partial charge >= 0.3 is 0 Å². The summed E-state index contributed by atoms with van der Waals surface area (Å²) in [6, 6.07) is 24.6. The fourth-order valence-electron chi connectivity index (χ4n) is 5.76. The molecule has 0 nitrogen and oxygen atoms in total. The molecule has 6 rings (SSSR count). The van der Waals surface area contributed by atoms with Crippen molar-refractivity contribution in [1.29, 1.82) is 0 Å². The first-order valence-electron chi connectivity index (χ1n) is 10.3. The highest BCUT2D eigenvalue weighted by atomic mass is 35.5. The van der Waals surface area contributed by atoms with Crippen molar-refractivity contribution in [2.45, 2.75) is 38.5 Å². The van der Waals surface area contributed by atoms with Gasteiger partial charge in [-0.1, -0.05) is 87.8 Å². The molecule has 0 heterocycles. The molecular weight excluding hydrogens is 372 g/mol. The minimum atomic E-state index is -0.0631. The van der Waals surface area contributed by atoms with Gasteiger partial charge in [-0.2, -0.15) is 0 Å². The van der Waals surface area contributed by atoms with Crippen LogP contribution in [0.3, 0.4) is 0 Å². The van der Waals surface area contributed by atoms with Crippen molar-refractivity contribution < 1.29 is 0 Å². The van der Waals surface area contributed by atoms with E-state index in [1.54, 1.807) is 0 Å². The van der Waals surface area contributed by atoms with Gasteiger partial charge in [0.1, 0.15) is 0 Å². The Bertz CT molecular complexity index is 1350. The summed E-state index contributed by atoms with van der Waals surface area (Å²) >= 11 is 6.73. The van der Waals surface area contributed by atoms with E-state index in [-0.39, 0.29) is 10.8 Å². The lowest BCUT2D eigenvalue weighted by atomic mass is 9.67. The van der Waals surface area contributed by atoms with Crippen LogP contribution in [0.1, 0.15) is 49.9 Å². The number of hydrogen-bond acceptors (Lipinski definition) is 0. The third-order valence-electron chi connectivity index (χ3n) is 7.33. The highest BCUT2D eigenvalue weighted by Crippen LogP contribution is 2.56. The minimum Gasteiger partial charge on any atom is -0.0837 e. The third-order valence-corrected chi connectivity index (χ3v) is 7.64. The molecule has 0 saturated carbocycles. The molecule has 0 radical (unpaired) electrons. The van der Waals surface area contributed by atoms with Crippen LogP contribution in [0, 0.1) is 0 Å². The molecule has 0 aromatic heterocycles. The van der Waals surface area contributed by atoms with E-state index in [1.807, 2.05) is 6.07 Å². The molecule has 0 aliphatic heterocycles. The van der Waals surface area contributed by atoms with Crippen LogP contribution in [-0.2, 0) is 10.8 Å². The summed E-state index contributed by atoms with van der Waals surface area (Å²) < 4.78 is 0. The van der Waals surface area contributed by atoms with Crippen molar-refractivity contribution in [3.05, 3.63) is 94.0 Å². The second kappa shape index (κ2) is 5.32. The number of benzene rings is 4. The van der Waals surface area contributed by atoms with Gasteiger partial charge in [-0.25, -0.2) is 0 Å². The van der Waals surface area contributed by atoms with E-state index in [1.165, 1.54) is 55.3 Å². The van der Waals surface area contributed by atoms with Crippen molar-refractivity contribution in [2.75, 3.05) is 0 Å². The Morgan fingerprint density at radius 3 is 1.97 bits per heavy atom. The largest absolute Gasteiger partial charge is 0.0837 e. The molecule has 0 unspecified atom stereocenters. The third kappa shape index (κ3) is 2.01. The van der Waals surface area contributed by atoms with Gasteiger partial charge in [-0.15, -0.1) is 0 Å². The minimum absolute atomic E-state index is 0.0560. The van der Waals surface area contributed by atoms with Crippen molar-refractivity contribution in [3.8, 4) is 22.3 Å². The fraction of sp³-hybridized carbons (Fsp3) is 0.214. The van der Waals surface area contributed by atoms with Gasteiger partial charge in [-0.05, 0) is 67.9 Å². The fourth-order valence-corrected chi connectivity index (χ4v) is 6.04. The van der Waals surface area contributed by atoms with E-state index in [2.05, 4.69) is 88.4 Å². The first-order chi connectivity index (χ1) is 13.8. The van der Waals surface area contributed by atoms with Crippen molar-refractivity contribution in [2.24, 2.45) is 0 Å². The summed E-state index contributed by atoms with van der Waals surface area (Å²) in [5.41, 5.74) is 10.6. The van der Waals surface area contributed by atoms with Gasteiger partial charge in [0.05, 0.1) is 0 Å². The highest BCUT2D eigenvalue weighted by molar-refractivity contribution is 6.34. The Morgan fingerprint density at radius 2 is 1.17 bits per heavy atom. The molecule has 4 aromatic carbocycles. The molecule has 142 valence electrons. The molecule has 0 bridgehead atoms. The molecule has 1 heteroatoms. The van der Waals surface area contributed by atoms with E-state index >= 15 is 0 Å². The maximum Gasteiger partial charge on any atom is 0.0487 e. The zero-order chi connectivity index (χ0) is 20.1. The van der Waals surface area contributed by atoms with Crippen molar-refractivity contribution in [1.82, 2.24) is 0 Å². The van der Waals surface area contributed by atoms with Crippen molar-refractivity contribution in [3.63, 3.8) is 0 Å². The Labute approximate surface area is 177 Å². The van der Waals surface area contributed by atoms with Crippen LogP contribution in [0.4, 0.5) is 0 Å². The summed E-state index contributed by atoms with van der Waals surface area (Å²) in [4.78, 5) is 0. The monoisotopic (exact) mass is 394 g/mol. The predicted molar refractivity (Wildman–Crippen MR) is 124 cm³/mol. The standard InChI is InChI=1S/C28H23Cl/c1-27(2)20-11-6-9-16-8-5-10-17(25(16)20)18-14-23-19(15-22(18)27)26-21(28(23,3)4)12-7-13-24(26)29/h5-15H,1-4H3. The lowest BCUT2D eigenvalue weighted by Gasteiger charge is -2.36. The Balaban J connectivity index is 1.78. The molecule has 2 aliphatic carbocycles. The quantitative estimate of drug-likeness (QED) is 0.282. The Hall–Kier alpha value is -2.57. The summed E-state index contributed by atoms with van der Waals surface area (Å²) in [6.45, 7) is 9.36. The van der Waals surface area contributed by atoms with Crippen LogP contribution in [0.15, 0.2) is 66.7 Å². The maximum atomic E-state index is 6.73. The highest BCUT2D eigenvalue weighted by Gasteiger charge is 2.40. The van der Waals surface area contributed by atoms with Crippen LogP contribution in [0.2, 0.25) is 5.02 Å². The number of rotatable bonds is 0. The molecular formula is C28H23Cl. The second-order valence-electron chi connectivity index (χ2n) is 9.57. The molecule has 29 heavy (non-hydrogen) atoms. The first kappa shape index (κ1) is 17.3. The normalized spacial score (nSPS) is 17.0. The average molecular weight is 395 g/mol. The van der Waals surface area contributed by atoms with Gasteiger partial charge in [0.15, 0.2) is 0 Å². The SMILES string of the molecule is CC1(C)c2cc3c(cc2-c2c(Cl)cccc21)C(C)(C)c1cccc2cccc-3c12. The number of fused-ring (bicyclic) bond motifs is 5. The molecule has 0 amide bonds. The summed E-state index contributed by atoms with van der Waals surface area (Å²) in [7, 11) is 0. The number of halogens is 1. The molecule has 0 atom stereocenters. The molecule has 2 aliphatic rings. The van der Waals surface area contributed by atoms with E-state index in [9.17, 15) is 0 Å². The van der Waals surface area contributed by atoms with Gasteiger partial charge in [0.2, 0.25) is 0 Å². The van der Waals surface area contributed by atoms with Crippen LogP contribution in [0.5, 0.6) is 0 Å². The zero-order valence-corrected chi connectivity index (χ0v) is 18.0. The number of hydrogen-bond donors (Lipinski definition) is 0. The topological polar surface area (TPSA) is 0 Å². The van der Waals surface area contributed by atoms with Crippen LogP contribution in [0.25, 0.3) is 33.0 Å². The van der Waals surface area contributed by atoms with Gasteiger partial charge < -0.3 is 0 Å². The van der Waals surface area contributed by atoms with E-state index in [0.29, 0.717) is 0 Å². The molecule has 0 spiro atoms. The molecule has 0 fully saturated rings. The Morgan fingerprint density at radius 1 is 0.586 bits per heavy atom. The second-order valence-corrected chi connectivity index (χ2v) is 9.97. The average Bonchev–Trinajstić information content (AvgIpc) is 2.93. The van der Waals surface area contributed by atoms with E-state index in [4.69, 9.17) is 11.6 Å². The summed E-state index contributed by atoms with van der Waals surface area (Å²) in [6.07, 6.45) is 0. The lowest BCUT2D eigenvalue weighted by molar-refractivity contribution is 0.639. The predicted octanol–water partition coefficient (Wildman–Crippen LogP) is 8.11. The summed E-state index contributed by atoms with van der Waals surface area (Å²) in [5.74, 6) is 0. The zero-order valence-electron chi connectivity index (χ0n) is 17.2. The first-order valence-corrected chi connectivity index (χ1v) is 10.7. The van der Waals surface area contributed by atoms with Crippen molar-refractivity contribution >= 4 is 22.4 Å². The maximum absolute atomic E-state index is 6.73. The lowest BCUT2D eigenvalue weighted by Crippen LogP contribution is -2.24. The molecule has 0 saturated heterocycles.